The zero-order valence-corrected chi connectivity index (χ0v) is 74.7. The average molecular weight is 1620 g/mol. The molecule has 0 saturated carbocycles. The summed E-state index contributed by atoms with van der Waals surface area (Å²) in [5, 5.41) is 10.7. The van der Waals surface area contributed by atoms with E-state index >= 15 is 0 Å². The van der Waals surface area contributed by atoms with Gasteiger partial charge in [-0.2, -0.15) is 0 Å². The van der Waals surface area contributed by atoms with Crippen molar-refractivity contribution < 1.29 is 80.2 Å². The Morgan fingerprint density at radius 2 is 0.360 bits per heavy atom. The number of hydrogen-bond donors (Lipinski definition) is 3. The number of aliphatic hydroxyl groups excluding tert-OH is 1. The molecule has 19 heteroatoms. The predicted octanol–water partition coefficient (Wildman–Crippen LogP) is 28.9. The summed E-state index contributed by atoms with van der Waals surface area (Å²) in [5.74, 6) is -2.09. The molecule has 0 aliphatic heterocycles. The minimum absolute atomic E-state index is 0.110. The normalized spacial score (nSPS) is 13.6. The lowest BCUT2D eigenvalue weighted by Crippen LogP contribution is -2.30. The van der Waals surface area contributed by atoms with Gasteiger partial charge in [0.1, 0.15) is 19.3 Å². The van der Waals surface area contributed by atoms with Gasteiger partial charge >= 0.3 is 39.5 Å². The van der Waals surface area contributed by atoms with E-state index in [9.17, 15) is 43.2 Å². The summed E-state index contributed by atoms with van der Waals surface area (Å²) in [6.45, 7) is 5.10. The Bertz CT molecular complexity index is 2090. The van der Waals surface area contributed by atoms with Crippen molar-refractivity contribution in [1.29, 1.82) is 0 Å². The minimum atomic E-state index is -4.97. The van der Waals surface area contributed by atoms with Crippen LogP contribution in [0.4, 0.5) is 0 Å². The molecular formula is C92H180O17P2. The van der Waals surface area contributed by atoms with Crippen molar-refractivity contribution in [2.24, 2.45) is 0 Å². The van der Waals surface area contributed by atoms with Crippen molar-refractivity contribution in [3.8, 4) is 0 Å². The third-order valence-corrected chi connectivity index (χ3v) is 23.8. The summed E-state index contributed by atoms with van der Waals surface area (Å²) in [7, 11) is -9.94. The highest BCUT2D eigenvalue weighted by Crippen LogP contribution is 2.45. The summed E-state index contributed by atoms with van der Waals surface area (Å²) in [6, 6.07) is 0. The monoisotopic (exact) mass is 1620 g/mol. The van der Waals surface area contributed by atoms with E-state index in [2.05, 4.69) is 27.7 Å². The van der Waals surface area contributed by atoms with Crippen LogP contribution in [0, 0.1) is 0 Å². The van der Waals surface area contributed by atoms with Crippen LogP contribution in [-0.2, 0) is 65.4 Å². The van der Waals surface area contributed by atoms with E-state index in [-0.39, 0.29) is 25.7 Å². The van der Waals surface area contributed by atoms with Crippen LogP contribution in [0.1, 0.15) is 509 Å². The average Bonchev–Trinajstić information content (AvgIpc) is 0.933. The highest BCUT2D eigenvalue weighted by atomic mass is 31.2. The highest BCUT2D eigenvalue weighted by molar-refractivity contribution is 7.47. The van der Waals surface area contributed by atoms with E-state index in [0.29, 0.717) is 25.7 Å². The molecule has 0 heterocycles. The van der Waals surface area contributed by atoms with Crippen LogP contribution in [0.3, 0.4) is 0 Å². The maximum Gasteiger partial charge on any atom is 0.472 e. The number of ether oxygens (including phenoxy) is 4. The number of unbranched alkanes of at least 4 members (excludes halogenated alkanes) is 67. The van der Waals surface area contributed by atoms with Crippen molar-refractivity contribution in [3.05, 3.63) is 0 Å². The van der Waals surface area contributed by atoms with Crippen molar-refractivity contribution in [2.45, 2.75) is 528 Å². The first kappa shape index (κ1) is 109. The molecule has 0 aliphatic rings. The number of rotatable bonds is 93. The third kappa shape index (κ3) is 85.8. The standard InChI is InChI=1S/C92H180O17P2/c1-5-9-13-17-21-25-29-33-36-39-42-45-47-50-53-57-61-65-69-73-77-90(95)103-83-88(109-92(97)79-75-71-67-63-59-55-52-49-46-43-40-37-34-30-26-22-18-14-10-6-2)85-107-111(100,101)105-81-86(93)80-104-110(98,99)106-84-87(82-102-89(94)76-72-68-64-60-56-32-28-24-20-16-12-8-4)108-91(96)78-74-70-66-62-58-54-51-48-44-41-38-35-31-27-23-19-15-11-7-3/h86-88,93H,5-85H2,1-4H3,(H,98,99)(H,100,101)/t86-,87+,88+/m0/s1. The van der Waals surface area contributed by atoms with Gasteiger partial charge in [-0.15, -0.1) is 0 Å². The van der Waals surface area contributed by atoms with Crippen LogP contribution in [0.2, 0.25) is 0 Å². The van der Waals surface area contributed by atoms with Crippen LogP contribution in [0.5, 0.6) is 0 Å². The number of hydrogen-bond acceptors (Lipinski definition) is 15. The maximum absolute atomic E-state index is 13.2. The van der Waals surface area contributed by atoms with Gasteiger partial charge in [0.2, 0.25) is 0 Å². The summed E-state index contributed by atoms with van der Waals surface area (Å²) in [4.78, 5) is 73.5. The minimum Gasteiger partial charge on any atom is -0.462 e. The third-order valence-electron chi connectivity index (χ3n) is 21.9. The summed E-state index contributed by atoms with van der Waals surface area (Å²) < 4.78 is 69.1. The second-order valence-electron chi connectivity index (χ2n) is 33.1. The van der Waals surface area contributed by atoms with Crippen LogP contribution < -0.4 is 0 Å². The lowest BCUT2D eigenvalue weighted by molar-refractivity contribution is -0.161. The van der Waals surface area contributed by atoms with E-state index in [1.165, 1.54) is 340 Å². The number of aliphatic hydroxyl groups is 1. The van der Waals surface area contributed by atoms with E-state index in [0.717, 1.165) is 89.9 Å². The molecular weight excluding hydrogens is 1440 g/mol. The molecule has 660 valence electrons. The molecule has 0 aromatic rings. The lowest BCUT2D eigenvalue weighted by atomic mass is 10.0. The first-order chi connectivity index (χ1) is 54.2. The quantitative estimate of drug-likeness (QED) is 0.0222. The Balaban J connectivity index is 5.24. The Morgan fingerprint density at radius 3 is 0.532 bits per heavy atom. The molecule has 0 aromatic heterocycles. The van der Waals surface area contributed by atoms with Gasteiger partial charge in [0, 0.05) is 25.7 Å². The molecule has 0 rings (SSSR count). The lowest BCUT2D eigenvalue weighted by Gasteiger charge is -2.21. The van der Waals surface area contributed by atoms with Crippen LogP contribution in [0.25, 0.3) is 0 Å². The van der Waals surface area contributed by atoms with E-state index in [1.807, 2.05) is 0 Å². The number of phosphoric ester groups is 2. The molecule has 0 aromatic carbocycles. The number of phosphoric acid groups is 2. The Morgan fingerprint density at radius 1 is 0.216 bits per heavy atom. The largest absolute Gasteiger partial charge is 0.472 e. The van der Waals surface area contributed by atoms with Gasteiger partial charge in [0.05, 0.1) is 26.4 Å². The maximum atomic E-state index is 13.2. The molecule has 0 aliphatic carbocycles. The SMILES string of the molecule is CCCCCCCCCCCCCCCCCCCCCCC(=O)OC[C@H](COP(=O)(O)OC[C@@H](O)COP(=O)(O)OC[C@@H](COC(=O)CCCCCCCCCCCCCC)OC(=O)CCCCCCCCCCCCCCCCCCCCC)OC(=O)CCCCCCCCCCCCCCCCCCCCCC. The Hall–Kier alpha value is -1.94. The molecule has 17 nitrogen and oxygen atoms in total. The molecule has 0 amide bonds. The van der Waals surface area contributed by atoms with E-state index in [1.54, 1.807) is 0 Å². The molecule has 0 saturated heterocycles. The fourth-order valence-corrected chi connectivity index (χ4v) is 16.2. The van der Waals surface area contributed by atoms with Gasteiger partial charge in [-0.1, -0.05) is 458 Å². The fourth-order valence-electron chi connectivity index (χ4n) is 14.6. The molecule has 111 heavy (non-hydrogen) atoms. The fraction of sp³-hybridized carbons (Fsp3) is 0.957. The molecule has 0 bridgehead atoms. The van der Waals surface area contributed by atoms with Crippen LogP contribution in [0.15, 0.2) is 0 Å². The molecule has 0 radical (unpaired) electrons. The Kier molecular flexibility index (Phi) is 84.4. The second-order valence-corrected chi connectivity index (χ2v) is 36.0. The van der Waals surface area contributed by atoms with Gasteiger partial charge in [-0.3, -0.25) is 37.3 Å². The summed E-state index contributed by atoms with van der Waals surface area (Å²) >= 11 is 0. The molecule has 0 fully saturated rings. The number of carbonyl (C=O) groups excluding carboxylic acids is 4. The van der Waals surface area contributed by atoms with Crippen molar-refractivity contribution in [3.63, 3.8) is 0 Å². The van der Waals surface area contributed by atoms with Gasteiger partial charge in [0.25, 0.3) is 0 Å². The molecule has 5 atom stereocenters. The highest BCUT2D eigenvalue weighted by Gasteiger charge is 2.31. The van der Waals surface area contributed by atoms with Gasteiger partial charge in [-0.05, 0) is 25.7 Å². The first-order valence-electron chi connectivity index (χ1n) is 47.8. The summed E-state index contributed by atoms with van der Waals surface area (Å²) in [5.41, 5.74) is 0. The van der Waals surface area contributed by atoms with Gasteiger partial charge in [-0.25, -0.2) is 9.13 Å². The number of esters is 4. The van der Waals surface area contributed by atoms with Gasteiger partial charge < -0.3 is 33.8 Å². The van der Waals surface area contributed by atoms with Crippen LogP contribution >= 0.6 is 15.6 Å². The predicted molar refractivity (Wildman–Crippen MR) is 460 cm³/mol. The summed E-state index contributed by atoms with van der Waals surface area (Å²) in [6.07, 6.45) is 83.4. The van der Waals surface area contributed by atoms with Crippen molar-refractivity contribution in [2.75, 3.05) is 39.6 Å². The smallest absolute Gasteiger partial charge is 0.462 e. The topological polar surface area (TPSA) is 237 Å². The van der Waals surface area contributed by atoms with Crippen molar-refractivity contribution >= 4 is 39.5 Å². The van der Waals surface area contributed by atoms with E-state index in [4.69, 9.17) is 37.0 Å². The zero-order chi connectivity index (χ0) is 81.0. The zero-order valence-electron chi connectivity index (χ0n) is 73.0. The molecule has 2 unspecified atom stereocenters. The van der Waals surface area contributed by atoms with Crippen LogP contribution in [-0.4, -0.2) is 96.7 Å². The molecule has 3 N–H and O–H groups in total. The van der Waals surface area contributed by atoms with Crippen molar-refractivity contribution in [1.82, 2.24) is 0 Å². The Labute approximate surface area is 683 Å². The first-order valence-corrected chi connectivity index (χ1v) is 50.8. The second kappa shape index (κ2) is 85.9. The van der Waals surface area contributed by atoms with Gasteiger partial charge in [0.15, 0.2) is 12.2 Å². The molecule has 0 spiro atoms. The number of carbonyl (C=O) groups is 4. The van der Waals surface area contributed by atoms with E-state index < -0.39 is 97.5 Å².